The van der Waals surface area contributed by atoms with Crippen LogP contribution in [0.25, 0.3) is 0 Å². The van der Waals surface area contributed by atoms with Gasteiger partial charge in [-0.15, -0.1) is 11.3 Å². The first-order valence-electron chi connectivity index (χ1n) is 6.91. The van der Waals surface area contributed by atoms with Crippen LogP contribution in [0.1, 0.15) is 44.3 Å². The number of urea groups is 1. The van der Waals surface area contributed by atoms with Crippen LogP contribution < -0.4 is 5.32 Å². The number of hydrogen-bond donors (Lipinski definition) is 2. The van der Waals surface area contributed by atoms with Crippen LogP contribution in [0.4, 0.5) is 4.79 Å². The van der Waals surface area contributed by atoms with Crippen LogP contribution >= 0.6 is 11.3 Å². The van der Waals surface area contributed by atoms with Crippen molar-refractivity contribution in [2.45, 2.75) is 46.2 Å². The second-order valence-electron chi connectivity index (χ2n) is 5.70. The summed E-state index contributed by atoms with van der Waals surface area (Å²) in [5, 5.41) is 14.6. The van der Waals surface area contributed by atoms with Crippen molar-refractivity contribution in [1.82, 2.24) is 15.2 Å². The molecule has 0 fully saturated rings. The van der Waals surface area contributed by atoms with Crippen LogP contribution in [0, 0.1) is 5.92 Å². The number of hydrogen-bond acceptors (Lipinski definition) is 4. The molecule has 120 valence electrons. The molecule has 2 amide bonds. The number of aliphatic carboxylic acids is 1. The first kappa shape index (κ1) is 21.0. The molecule has 0 aromatic carbocycles. The van der Waals surface area contributed by atoms with Crippen LogP contribution in [0.15, 0.2) is 5.38 Å². The Labute approximate surface area is 147 Å². The van der Waals surface area contributed by atoms with Gasteiger partial charge in [0.25, 0.3) is 0 Å². The third-order valence-corrected chi connectivity index (χ3v) is 4.22. The van der Waals surface area contributed by atoms with Crippen molar-refractivity contribution in [1.29, 1.82) is 0 Å². The molecule has 0 spiro atoms. The second kappa shape index (κ2) is 9.18. The van der Waals surface area contributed by atoms with Crippen molar-refractivity contribution >= 4 is 42.2 Å². The van der Waals surface area contributed by atoms with E-state index in [4.69, 9.17) is 5.11 Å². The van der Waals surface area contributed by atoms with Gasteiger partial charge in [-0.3, -0.25) is 0 Å². The van der Waals surface area contributed by atoms with Crippen LogP contribution in [0.5, 0.6) is 0 Å². The first-order valence-corrected chi connectivity index (χ1v) is 7.79. The molecular weight excluding hydrogens is 297 g/mol. The fourth-order valence-corrected chi connectivity index (χ4v) is 2.56. The van der Waals surface area contributed by atoms with E-state index in [-0.39, 0.29) is 24.8 Å². The summed E-state index contributed by atoms with van der Waals surface area (Å²) in [5.41, 5.74) is 0.817. The topological polar surface area (TPSA) is 82.5 Å². The summed E-state index contributed by atoms with van der Waals surface area (Å²) in [6, 6.07) is -1.29. The van der Waals surface area contributed by atoms with E-state index >= 15 is 0 Å². The van der Waals surface area contributed by atoms with E-state index in [1.807, 2.05) is 5.38 Å². The van der Waals surface area contributed by atoms with Crippen molar-refractivity contribution in [2.24, 2.45) is 5.92 Å². The van der Waals surface area contributed by atoms with E-state index < -0.39 is 18.0 Å². The van der Waals surface area contributed by atoms with Gasteiger partial charge in [0.05, 0.1) is 17.2 Å². The number of carboxylic acids is 1. The molecule has 8 heteroatoms. The number of carbonyl (C=O) groups is 2. The molecule has 6 nitrogen and oxygen atoms in total. The van der Waals surface area contributed by atoms with Crippen molar-refractivity contribution in [3.8, 4) is 0 Å². The molecule has 1 aromatic rings. The molecule has 0 bridgehead atoms. The average molecular weight is 321 g/mol. The summed E-state index contributed by atoms with van der Waals surface area (Å²) >= 11 is 1.57. The number of nitrogens with zero attached hydrogens (tertiary/aromatic N) is 2. The molecule has 0 radical (unpaired) electrons. The Morgan fingerprint density at radius 3 is 2.36 bits per heavy atom. The van der Waals surface area contributed by atoms with Crippen LogP contribution in [-0.4, -0.2) is 58.9 Å². The van der Waals surface area contributed by atoms with Crippen molar-refractivity contribution in [2.75, 3.05) is 7.05 Å². The van der Waals surface area contributed by atoms with E-state index in [2.05, 4.69) is 24.1 Å². The van der Waals surface area contributed by atoms with Gasteiger partial charge in [-0.2, -0.15) is 0 Å². The minimum absolute atomic E-state index is 0. The molecule has 0 unspecified atom stereocenters. The maximum absolute atomic E-state index is 12.0. The Hall–Kier alpha value is -1.03. The summed E-state index contributed by atoms with van der Waals surface area (Å²) in [4.78, 5) is 29.0. The average Bonchev–Trinajstić information content (AvgIpc) is 2.83. The van der Waals surface area contributed by atoms with Gasteiger partial charge in [-0.25, -0.2) is 14.6 Å². The molecule has 2 N–H and O–H groups in total. The Kier molecular flexibility index (Phi) is 8.75. The van der Waals surface area contributed by atoms with E-state index in [0.29, 0.717) is 12.5 Å². The number of thiazole rings is 1. The van der Waals surface area contributed by atoms with Crippen molar-refractivity contribution < 1.29 is 14.7 Å². The Bertz CT molecular complexity index is 505. The molecule has 1 atom stereocenters. The minimum atomic E-state index is -1.03. The fraction of sp³-hybridized carbons (Fsp3) is 0.643. The van der Waals surface area contributed by atoms with Gasteiger partial charge in [0.1, 0.15) is 6.04 Å². The zero-order valence-electron chi connectivity index (χ0n) is 13.1. The predicted molar refractivity (Wildman–Crippen MR) is 89.6 cm³/mol. The molecule has 0 aliphatic carbocycles. The number of rotatable bonds is 6. The number of aromatic nitrogens is 1. The third-order valence-electron chi connectivity index (χ3n) is 3.02. The number of amides is 2. The van der Waals surface area contributed by atoms with E-state index in [9.17, 15) is 9.59 Å². The van der Waals surface area contributed by atoms with Gasteiger partial charge >= 0.3 is 30.9 Å². The number of carbonyl (C=O) groups excluding carboxylic acids is 1. The van der Waals surface area contributed by atoms with Gasteiger partial charge in [-0.05, 0) is 5.92 Å². The molecule has 1 aromatic heterocycles. The van der Waals surface area contributed by atoms with Crippen LogP contribution in [-0.2, 0) is 11.3 Å². The van der Waals surface area contributed by atoms with Gasteiger partial charge in [0, 0.05) is 18.3 Å². The molecule has 1 rings (SSSR count). The van der Waals surface area contributed by atoms with Crippen molar-refractivity contribution in [3.05, 3.63) is 16.1 Å². The van der Waals surface area contributed by atoms with Gasteiger partial charge < -0.3 is 15.3 Å². The molecule has 1 heterocycles. The van der Waals surface area contributed by atoms with E-state index in [0.717, 1.165) is 10.7 Å². The third kappa shape index (κ3) is 5.99. The SMILES string of the molecule is CC(C)c1nc(CN(C)C(=O)N[C@H](C(=O)O)C(C)C)cs1.[LiH]. The van der Waals surface area contributed by atoms with Gasteiger partial charge in [0.2, 0.25) is 0 Å². The molecular formula is C14H24LiN3O3S. The number of carboxylic acid groups (broad SMARTS) is 1. The maximum atomic E-state index is 12.0. The fourth-order valence-electron chi connectivity index (χ4n) is 1.73. The van der Waals surface area contributed by atoms with Crippen LogP contribution in [0.2, 0.25) is 0 Å². The zero-order chi connectivity index (χ0) is 16.2. The number of nitrogens with one attached hydrogen (secondary N) is 1. The summed E-state index contributed by atoms with van der Waals surface area (Å²) in [7, 11) is 1.63. The summed E-state index contributed by atoms with van der Waals surface area (Å²) in [6.07, 6.45) is 0. The summed E-state index contributed by atoms with van der Waals surface area (Å²) in [5.74, 6) is -0.839. The van der Waals surface area contributed by atoms with Crippen LogP contribution in [0.3, 0.4) is 0 Å². The Morgan fingerprint density at radius 1 is 1.36 bits per heavy atom. The molecule has 0 aliphatic heterocycles. The van der Waals surface area contributed by atoms with Gasteiger partial charge in [-0.1, -0.05) is 27.7 Å². The van der Waals surface area contributed by atoms with Gasteiger partial charge in [0.15, 0.2) is 0 Å². The molecule has 0 aliphatic rings. The standard InChI is InChI=1S/C14H23N3O3S.Li.H/c1-8(2)11(13(18)19)16-14(20)17(5)6-10-7-21-12(15-10)9(3)4;;/h7-9,11H,6H2,1-5H3,(H,16,20)(H,18,19);;/t11-;;/m0../s1. The monoisotopic (exact) mass is 321 g/mol. The molecule has 0 saturated heterocycles. The second-order valence-corrected chi connectivity index (χ2v) is 6.59. The first-order chi connectivity index (χ1) is 9.72. The van der Waals surface area contributed by atoms with E-state index in [1.54, 1.807) is 32.2 Å². The Morgan fingerprint density at radius 2 is 1.95 bits per heavy atom. The molecule has 22 heavy (non-hydrogen) atoms. The van der Waals surface area contributed by atoms with Crippen molar-refractivity contribution in [3.63, 3.8) is 0 Å². The summed E-state index contributed by atoms with van der Waals surface area (Å²) in [6.45, 7) is 8.01. The Balaban J connectivity index is 0.00000441. The summed E-state index contributed by atoms with van der Waals surface area (Å²) < 4.78 is 0. The predicted octanol–water partition coefficient (Wildman–Crippen LogP) is 1.87. The quantitative estimate of drug-likeness (QED) is 0.784. The van der Waals surface area contributed by atoms with E-state index in [1.165, 1.54) is 4.90 Å². The zero-order valence-corrected chi connectivity index (χ0v) is 13.9. The molecule has 0 saturated carbocycles. The normalized spacial score (nSPS) is 12.0.